The van der Waals surface area contributed by atoms with Crippen LogP contribution in [0.15, 0.2) is 40.9 Å². The topological polar surface area (TPSA) is 69.6 Å². The van der Waals surface area contributed by atoms with E-state index in [0.29, 0.717) is 11.5 Å². The van der Waals surface area contributed by atoms with E-state index in [2.05, 4.69) is 31.5 Å². The number of nitrogen functional groups attached to an aromatic ring is 1. The number of hydrogen-bond acceptors (Lipinski definition) is 4. The summed E-state index contributed by atoms with van der Waals surface area (Å²) in [5, 5.41) is 12.0. The molecule has 0 amide bonds. The van der Waals surface area contributed by atoms with Gasteiger partial charge in [-0.2, -0.15) is 4.68 Å². The second-order valence-electron chi connectivity index (χ2n) is 4.91. The summed E-state index contributed by atoms with van der Waals surface area (Å²) >= 11 is 3.54. The number of aryl methyl sites for hydroxylation is 2. The molecular weight excluding hydrogens is 330 g/mol. The lowest BCUT2D eigenvalue weighted by Gasteiger charge is -2.10. The summed E-state index contributed by atoms with van der Waals surface area (Å²) < 4.78 is 2.62. The van der Waals surface area contributed by atoms with Gasteiger partial charge < -0.3 is 5.73 Å². The number of nitrogens with two attached hydrogens (primary N) is 1. The molecule has 0 radical (unpaired) electrons. The predicted octanol–water partition coefficient (Wildman–Crippen LogP) is 3.29. The molecule has 1 aromatic heterocycles. The predicted molar refractivity (Wildman–Crippen MR) is 86.2 cm³/mol. The zero-order valence-corrected chi connectivity index (χ0v) is 13.3. The van der Waals surface area contributed by atoms with E-state index in [1.54, 1.807) is 4.68 Å². The Bertz CT molecular complexity index is 793. The Morgan fingerprint density at radius 3 is 2.76 bits per heavy atom. The first-order valence-corrected chi connectivity index (χ1v) is 7.27. The Labute approximate surface area is 130 Å². The van der Waals surface area contributed by atoms with Gasteiger partial charge in [0.1, 0.15) is 0 Å². The van der Waals surface area contributed by atoms with E-state index in [4.69, 9.17) is 5.73 Å². The Hall–Kier alpha value is -2.21. The number of halogens is 1. The molecule has 2 N–H and O–H groups in total. The number of hydrogen-bond donors (Lipinski definition) is 1. The van der Waals surface area contributed by atoms with Crippen molar-refractivity contribution in [3.05, 3.63) is 52.0 Å². The summed E-state index contributed by atoms with van der Waals surface area (Å²) in [5.41, 5.74) is 10.7. The lowest BCUT2D eigenvalue weighted by Crippen LogP contribution is -2.03. The van der Waals surface area contributed by atoms with Crippen molar-refractivity contribution < 1.29 is 0 Å². The highest BCUT2D eigenvalue weighted by Crippen LogP contribution is 2.30. The monoisotopic (exact) mass is 343 g/mol. The molecule has 0 unspecified atom stereocenters. The summed E-state index contributed by atoms with van der Waals surface area (Å²) in [4.78, 5) is 0. The first kappa shape index (κ1) is 13.8. The molecule has 6 heteroatoms. The lowest BCUT2D eigenvalue weighted by molar-refractivity contribution is 0.788. The van der Waals surface area contributed by atoms with E-state index in [1.165, 1.54) is 0 Å². The average Bonchev–Trinajstić information content (AvgIpc) is 2.93. The molecule has 3 aromatic rings. The van der Waals surface area contributed by atoms with Crippen LogP contribution in [0.2, 0.25) is 0 Å². The third-order valence-corrected chi connectivity index (χ3v) is 4.03. The maximum atomic E-state index is 6.17. The van der Waals surface area contributed by atoms with Gasteiger partial charge in [-0.1, -0.05) is 18.2 Å². The first-order valence-electron chi connectivity index (χ1n) is 6.48. The van der Waals surface area contributed by atoms with Crippen molar-refractivity contribution in [1.29, 1.82) is 0 Å². The molecule has 0 fully saturated rings. The normalized spacial score (nSPS) is 10.8. The highest BCUT2D eigenvalue weighted by Gasteiger charge is 2.16. The second kappa shape index (κ2) is 5.29. The van der Waals surface area contributed by atoms with Gasteiger partial charge in [0, 0.05) is 15.7 Å². The van der Waals surface area contributed by atoms with E-state index >= 15 is 0 Å². The Morgan fingerprint density at radius 1 is 1.14 bits per heavy atom. The highest BCUT2D eigenvalue weighted by atomic mass is 79.9. The van der Waals surface area contributed by atoms with Crippen molar-refractivity contribution >= 4 is 21.6 Å². The molecule has 0 saturated carbocycles. The molecule has 0 aliphatic carbocycles. The zero-order chi connectivity index (χ0) is 15.0. The second-order valence-corrected chi connectivity index (χ2v) is 5.76. The third kappa shape index (κ3) is 2.42. The maximum Gasteiger partial charge on any atom is 0.189 e. The van der Waals surface area contributed by atoms with Crippen molar-refractivity contribution in [2.24, 2.45) is 0 Å². The van der Waals surface area contributed by atoms with E-state index in [0.717, 1.165) is 26.9 Å². The van der Waals surface area contributed by atoms with E-state index in [1.807, 2.05) is 50.2 Å². The van der Waals surface area contributed by atoms with Gasteiger partial charge in [0.05, 0.1) is 5.69 Å². The van der Waals surface area contributed by atoms with Gasteiger partial charge in [0.25, 0.3) is 0 Å². The van der Waals surface area contributed by atoms with E-state index in [9.17, 15) is 0 Å². The molecular formula is C15H14BrN5. The van der Waals surface area contributed by atoms with Crippen LogP contribution in [0.5, 0.6) is 0 Å². The van der Waals surface area contributed by atoms with Crippen molar-refractivity contribution in [2.75, 3.05) is 5.73 Å². The minimum absolute atomic E-state index is 0.627. The van der Waals surface area contributed by atoms with Gasteiger partial charge in [0.15, 0.2) is 5.82 Å². The van der Waals surface area contributed by atoms with Crippen LogP contribution < -0.4 is 5.73 Å². The number of rotatable bonds is 2. The molecule has 0 aliphatic heterocycles. The average molecular weight is 344 g/mol. The molecule has 5 nitrogen and oxygen atoms in total. The van der Waals surface area contributed by atoms with Crippen LogP contribution in [0.4, 0.5) is 5.69 Å². The number of nitrogens with zero attached hydrogens (tertiary/aromatic N) is 4. The van der Waals surface area contributed by atoms with Gasteiger partial charge in [-0.25, -0.2) is 0 Å². The van der Waals surface area contributed by atoms with Crippen LogP contribution in [0, 0.1) is 13.8 Å². The maximum absolute atomic E-state index is 6.17. The van der Waals surface area contributed by atoms with Crippen LogP contribution in [0.3, 0.4) is 0 Å². The fraction of sp³-hybridized carbons (Fsp3) is 0.133. The van der Waals surface area contributed by atoms with Crippen molar-refractivity contribution in [1.82, 2.24) is 20.2 Å². The molecule has 2 aromatic carbocycles. The SMILES string of the molecule is Cc1ccc(Br)c(-n2nnnc2-c2cccc(C)c2N)c1. The Balaban J connectivity index is 2.22. The molecule has 0 aliphatic rings. The molecule has 0 bridgehead atoms. The van der Waals surface area contributed by atoms with Crippen molar-refractivity contribution in [3.8, 4) is 17.1 Å². The van der Waals surface area contributed by atoms with Gasteiger partial charge in [-0.15, -0.1) is 5.10 Å². The first-order chi connectivity index (χ1) is 10.1. The van der Waals surface area contributed by atoms with Gasteiger partial charge in [-0.3, -0.25) is 0 Å². The van der Waals surface area contributed by atoms with Crippen LogP contribution in [0.25, 0.3) is 17.1 Å². The van der Waals surface area contributed by atoms with Crippen LogP contribution in [-0.4, -0.2) is 20.2 Å². The summed E-state index contributed by atoms with van der Waals surface area (Å²) in [6.07, 6.45) is 0. The quantitative estimate of drug-likeness (QED) is 0.725. The smallest absolute Gasteiger partial charge is 0.189 e. The molecule has 21 heavy (non-hydrogen) atoms. The largest absolute Gasteiger partial charge is 0.398 e. The number of tetrazole rings is 1. The van der Waals surface area contributed by atoms with Crippen molar-refractivity contribution in [3.63, 3.8) is 0 Å². The molecule has 0 saturated heterocycles. The summed E-state index contributed by atoms with van der Waals surface area (Å²) in [6.45, 7) is 4.00. The van der Waals surface area contributed by atoms with Gasteiger partial charge in [-0.05, 0) is 69.5 Å². The lowest BCUT2D eigenvalue weighted by atomic mass is 10.1. The van der Waals surface area contributed by atoms with Crippen LogP contribution in [-0.2, 0) is 0 Å². The van der Waals surface area contributed by atoms with E-state index in [-0.39, 0.29) is 0 Å². The van der Waals surface area contributed by atoms with Crippen molar-refractivity contribution in [2.45, 2.75) is 13.8 Å². The third-order valence-electron chi connectivity index (χ3n) is 3.36. The molecule has 106 valence electrons. The molecule has 1 heterocycles. The fourth-order valence-electron chi connectivity index (χ4n) is 2.18. The summed E-state index contributed by atoms with van der Waals surface area (Å²) in [6, 6.07) is 11.9. The summed E-state index contributed by atoms with van der Waals surface area (Å²) in [5.74, 6) is 0.627. The number of aromatic nitrogens is 4. The van der Waals surface area contributed by atoms with Gasteiger partial charge >= 0.3 is 0 Å². The van der Waals surface area contributed by atoms with E-state index < -0.39 is 0 Å². The minimum Gasteiger partial charge on any atom is -0.398 e. The molecule has 3 rings (SSSR count). The minimum atomic E-state index is 0.627. The standard InChI is InChI=1S/C15H14BrN5/c1-9-6-7-12(16)13(8-9)21-15(18-19-20-21)11-5-3-4-10(2)14(11)17/h3-8H,17H2,1-2H3. The summed E-state index contributed by atoms with van der Waals surface area (Å²) in [7, 11) is 0. The zero-order valence-electron chi connectivity index (χ0n) is 11.7. The molecule has 0 atom stereocenters. The highest BCUT2D eigenvalue weighted by molar-refractivity contribution is 9.10. The van der Waals surface area contributed by atoms with Gasteiger partial charge in [0.2, 0.25) is 0 Å². The fourth-order valence-corrected chi connectivity index (χ4v) is 2.59. The molecule has 0 spiro atoms. The number of benzene rings is 2. The van der Waals surface area contributed by atoms with Crippen LogP contribution >= 0.6 is 15.9 Å². The Kier molecular flexibility index (Phi) is 3.47. The number of para-hydroxylation sites is 1. The number of anilines is 1. The Morgan fingerprint density at radius 2 is 1.95 bits per heavy atom. The van der Waals surface area contributed by atoms with Crippen LogP contribution in [0.1, 0.15) is 11.1 Å².